The van der Waals surface area contributed by atoms with Crippen LogP contribution >= 0.6 is 0 Å². The van der Waals surface area contributed by atoms with Crippen LogP contribution in [0.4, 0.5) is 0 Å². The van der Waals surface area contributed by atoms with Crippen LogP contribution in [0.5, 0.6) is 0 Å². The molecule has 2 rings (SSSR count). The van der Waals surface area contributed by atoms with E-state index >= 15 is 0 Å². The summed E-state index contributed by atoms with van der Waals surface area (Å²) in [5.41, 5.74) is 1.93. The van der Waals surface area contributed by atoms with Gasteiger partial charge in [0, 0.05) is 25.6 Å². The van der Waals surface area contributed by atoms with E-state index in [1.807, 2.05) is 32.2 Å². The second-order valence-electron chi connectivity index (χ2n) is 4.45. The van der Waals surface area contributed by atoms with Crippen LogP contribution in [0.2, 0.25) is 0 Å². The molecule has 0 unspecified atom stereocenters. The van der Waals surface area contributed by atoms with Crippen LogP contribution in [0.1, 0.15) is 30.6 Å². The molecular weight excluding hydrogens is 240 g/mol. The summed E-state index contributed by atoms with van der Waals surface area (Å²) in [7, 11) is 1.88. The van der Waals surface area contributed by atoms with Gasteiger partial charge in [-0.05, 0) is 24.1 Å². The number of nitrogens with one attached hydrogen (secondary N) is 1. The summed E-state index contributed by atoms with van der Waals surface area (Å²) in [6.45, 7) is 2.04. The fraction of sp³-hybridized carbons (Fsp3) is 0.357. The van der Waals surface area contributed by atoms with Gasteiger partial charge in [-0.2, -0.15) is 5.10 Å². The van der Waals surface area contributed by atoms with Gasteiger partial charge in [0.25, 0.3) is 0 Å². The molecule has 1 amide bonds. The predicted molar refractivity (Wildman–Crippen MR) is 72.3 cm³/mol. The molecule has 0 radical (unpaired) electrons. The Bertz CT molecular complexity index is 535. The second-order valence-corrected chi connectivity index (χ2v) is 4.45. The summed E-state index contributed by atoms with van der Waals surface area (Å²) >= 11 is 0. The number of aryl methyl sites for hydroxylation is 1. The zero-order valence-electron chi connectivity index (χ0n) is 11.2. The molecule has 0 bridgehead atoms. The largest absolute Gasteiger partial charge is 0.347 e. The van der Waals surface area contributed by atoms with E-state index in [0.29, 0.717) is 6.42 Å². The van der Waals surface area contributed by atoms with Crippen LogP contribution in [-0.2, 0) is 18.3 Å². The van der Waals surface area contributed by atoms with Crippen LogP contribution in [-0.4, -0.2) is 20.7 Å². The van der Waals surface area contributed by atoms with E-state index in [2.05, 4.69) is 15.4 Å². The Morgan fingerprint density at radius 2 is 2.26 bits per heavy atom. The third kappa shape index (κ3) is 3.40. The maximum atomic E-state index is 12.0. The normalized spacial score (nSPS) is 12.1. The van der Waals surface area contributed by atoms with Crippen molar-refractivity contribution in [1.29, 1.82) is 0 Å². The van der Waals surface area contributed by atoms with Gasteiger partial charge < -0.3 is 5.32 Å². The standard InChI is InChI=1S/C14H18N4O/c1-3-12(13-6-8-16-18(13)2)17-14(19)9-11-5-4-7-15-10-11/h4-8,10,12H,3,9H2,1-2H3,(H,17,19)/t12-/m1/s1. The molecular formula is C14H18N4O. The van der Waals surface area contributed by atoms with Crippen LogP contribution in [0.15, 0.2) is 36.8 Å². The molecule has 0 saturated heterocycles. The van der Waals surface area contributed by atoms with Gasteiger partial charge in [0.15, 0.2) is 0 Å². The minimum Gasteiger partial charge on any atom is -0.347 e. The molecule has 5 heteroatoms. The van der Waals surface area contributed by atoms with Crippen LogP contribution < -0.4 is 5.32 Å². The molecule has 0 aliphatic heterocycles. The molecule has 19 heavy (non-hydrogen) atoms. The first-order valence-corrected chi connectivity index (χ1v) is 6.37. The van der Waals surface area contributed by atoms with Crippen molar-refractivity contribution >= 4 is 5.91 Å². The van der Waals surface area contributed by atoms with Gasteiger partial charge in [0.05, 0.1) is 18.2 Å². The van der Waals surface area contributed by atoms with Crippen molar-refractivity contribution < 1.29 is 4.79 Å². The molecule has 1 N–H and O–H groups in total. The monoisotopic (exact) mass is 258 g/mol. The minimum atomic E-state index is -0.00308. The maximum absolute atomic E-state index is 12.0. The Labute approximate surface area is 112 Å². The van der Waals surface area contributed by atoms with Gasteiger partial charge in [-0.3, -0.25) is 14.5 Å². The molecule has 100 valence electrons. The highest BCUT2D eigenvalue weighted by molar-refractivity contribution is 5.78. The van der Waals surface area contributed by atoms with E-state index in [1.165, 1.54) is 0 Å². The maximum Gasteiger partial charge on any atom is 0.225 e. The van der Waals surface area contributed by atoms with Gasteiger partial charge in [-0.1, -0.05) is 13.0 Å². The first-order chi connectivity index (χ1) is 9.20. The lowest BCUT2D eigenvalue weighted by atomic mass is 10.1. The number of hydrogen-bond acceptors (Lipinski definition) is 3. The Balaban J connectivity index is 1.99. The lowest BCUT2D eigenvalue weighted by Crippen LogP contribution is -2.30. The van der Waals surface area contributed by atoms with Crippen molar-refractivity contribution in [3.8, 4) is 0 Å². The highest BCUT2D eigenvalue weighted by atomic mass is 16.1. The smallest absolute Gasteiger partial charge is 0.225 e. The van der Waals surface area contributed by atoms with Gasteiger partial charge in [0.1, 0.15) is 0 Å². The highest BCUT2D eigenvalue weighted by Gasteiger charge is 2.15. The average molecular weight is 258 g/mol. The lowest BCUT2D eigenvalue weighted by Gasteiger charge is -2.17. The molecule has 5 nitrogen and oxygen atoms in total. The molecule has 0 fully saturated rings. The number of hydrogen-bond donors (Lipinski definition) is 1. The first-order valence-electron chi connectivity index (χ1n) is 6.37. The summed E-state index contributed by atoms with van der Waals surface area (Å²) in [5, 5.41) is 7.16. The van der Waals surface area contributed by atoms with Crippen LogP contribution in [0.3, 0.4) is 0 Å². The van der Waals surface area contributed by atoms with Crippen LogP contribution in [0.25, 0.3) is 0 Å². The van der Waals surface area contributed by atoms with Crippen molar-refractivity contribution in [2.24, 2.45) is 7.05 Å². The molecule has 1 atom stereocenters. The predicted octanol–water partition coefficient (Wildman–Crippen LogP) is 1.63. The summed E-state index contributed by atoms with van der Waals surface area (Å²) in [5.74, 6) is 0.000972. The second kappa shape index (κ2) is 6.13. The first kappa shape index (κ1) is 13.3. The van der Waals surface area contributed by atoms with Crippen LogP contribution in [0, 0.1) is 0 Å². The number of amides is 1. The van der Waals surface area contributed by atoms with Gasteiger partial charge >= 0.3 is 0 Å². The molecule has 0 spiro atoms. The molecule has 0 aliphatic carbocycles. The lowest BCUT2D eigenvalue weighted by molar-refractivity contribution is -0.121. The average Bonchev–Trinajstić information content (AvgIpc) is 2.83. The van der Waals surface area contributed by atoms with Crippen molar-refractivity contribution in [2.45, 2.75) is 25.8 Å². The molecule has 0 aliphatic rings. The molecule has 0 aromatic carbocycles. The van der Waals surface area contributed by atoms with Crippen molar-refractivity contribution in [2.75, 3.05) is 0 Å². The summed E-state index contributed by atoms with van der Waals surface area (Å²) in [4.78, 5) is 16.0. The minimum absolute atomic E-state index is 0.000972. The van der Waals surface area contributed by atoms with Crippen molar-refractivity contribution in [3.63, 3.8) is 0 Å². The number of carbonyl (C=O) groups is 1. The third-order valence-electron chi connectivity index (χ3n) is 3.05. The van der Waals surface area contributed by atoms with Crippen molar-refractivity contribution in [3.05, 3.63) is 48.0 Å². The van der Waals surface area contributed by atoms with E-state index in [9.17, 15) is 4.79 Å². The Kier molecular flexibility index (Phi) is 4.28. The molecule has 0 saturated carbocycles. The molecule has 2 heterocycles. The highest BCUT2D eigenvalue weighted by Crippen LogP contribution is 2.15. The quantitative estimate of drug-likeness (QED) is 0.886. The Morgan fingerprint density at radius 3 is 2.84 bits per heavy atom. The van der Waals surface area contributed by atoms with E-state index < -0.39 is 0 Å². The molecule has 2 aromatic rings. The van der Waals surface area contributed by atoms with E-state index in [4.69, 9.17) is 0 Å². The summed E-state index contributed by atoms with van der Waals surface area (Å²) < 4.78 is 1.79. The zero-order valence-corrected chi connectivity index (χ0v) is 11.2. The summed E-state index contributed by atoms with van der Waals surface area (Å²) in [6, 6.07) is 5.66. The van der Waals surface area contributed by atoms with E-state index in [1.54, 1.807) is 23.3 Å². The Morgan fingerprint density at radius 1 is 1.42 bits per heavy atom. The topological polar surface area (TPSA) is 59.8 Å². The fourth-order valence-electron chi connectivity index (χ4n) is 2.04. The Hall–Kier alpha value is -2.17. The number of carbonyl (C=O) groups excluding carboxylic acids is 1. The van der Waals surface area contributed by atoms with Gasteiger partial charge in [-0.15, -0.1) is 0 Å². The number of nitrogens with zero attached hydrogens (tertiary/aromatic N) is 3. The number of aromatic nitrogens is 3. The fourth-order valence-corrected chi connectivity index (χ4v) is 2.04. The number of pyridine rings is 1. The van der Waals surface area contributed by atoms with E-state index in [0.717, 1.165) is 17.7 Å². The number of rotatable bonds is 5. The zero-order chi connectivity index (χ0) is 13.7. The third-order valence-corrected chi connectivity index (χ3v) is 3.05. The molecule has 2 aromatic heterocycles. The van der Waals surface area contributed by atoms with Gasteiger partial charge in [0.2, 0.25) is 5.91 Å². The SMILES string of the molecule is CC[C@@H](NC(=O)Cc1cccnc1)c1ccnn1C. The van der Waals surface area contributed by atoms with E-state index in [-0.39, 0.29) is 11.9 Å². The van der Waals surface area contributed by atoms with Gasteiger partial charge in [-0.25, -0.2) is 0 Å². The summed E-state index contributed by atoms with van der Waals surface area (Å²) in [6.07, 6.45) is 6.34. The van der Waals surface area contributed by atoms with Crippen molar-refractivity contribution in [1.82, 2.24) is 20.1 Å².